The van der Waals surface area contributed by atoms with E-state index in [9.17, 15) is 4.79 Å². The molecule has 5 aromatic rings. The van der Waals surface area contributed by atoms with Gasteiger partial charge >= 0.3 is 0 Å². The number of para-hydroxylation sites is 2. The van der Waals surface area contributed by atoms with Crippen molar-refractivity contribution in [1.29, 1.82) is 5.53 Å². The minimum absolute atomic E-state index is 0.139. The Bertz CT molecular complexity index is 1740. The third-order valence-electron chi connectivity index (χ3n) is 8.00. The molecule has 0 bridgehead atoms. The SMILES string of the molecule is COc1ccc(C([N-][C@H]2CC[C@@H](Cn3c(-c4ccc(OCc5ccccc5)cc4)nc4ccccc43)O2)C(N=N)C(N)=O)cc1. The van der Waals surface area contributed by atoms with E-state index in [-0.39, 0.29) is 6.10 Å². The van der Waals surface area contributed by atoms with Gasteiger partial charge in [0.2, 0.25) is 5.91 Å². The normalized spacial score (nSPS) is 17.5. The van der Waals surface area contributed by atoms with E-state index >= 15 is 0 Å². The van der Waals surface area contributed by atoms with Crippen LogP contribution in [-0.2, 0) is 22.7 Å². The molecule has 1 saturated heterocycles. The highest BCUT2D eigenvalue weighted by Gasteiger charge is 2.27. The highest BCUT2D eigenvalue weighted by atomic mass is 16.5. The summed E-state index contributed by atoms with van der Waals surface area (Å²) in [6.45, 7) is 1.07. The van der Waals surface area contributed by atoms with Crippen molar-refractivity contribution < 1.29 is 19.0 Å². The maximum Gasteiger partial charge on any atom is 0.242 e. The maximum absolute atomic E-state index is 12.2. The van der Waals surface area contributed by atoms with E-state index in [0.29, 0.717) is 30.9 Å². The van der Waals surface area contributed by atoms with Gasteiger partial charge in [-0.15, -0.1) is 0 Å². The Kier molecular flexibility index (Phi) is 9.14. The minimum Gasteiger partial charge on any atom is -0.628 e. The number of aromatic nitrogens is 2. The summed E-state index contributed by atoms with van der Waals surface area (Å²) in [5.41, 5.74) is 18.0. The number of nitrogens with zero attached hydrogens (tertiary/aromatic N) is 4. The summed E-state index contributed by atoms with van der Waals surface area (Å²) in [4.78, 5) is 17.2. The lowest BCUT2D eigenvalue weighted by molar-refractivity contribution is -0.119. The molecule has 4 atom stereocenters. The molecule has 0 aliphatic carbocycles. The van der Waals surface area contributed by atoms with Crippen LogP contribution in [0.1, 0.15) is 30.0 Å². The van der Waals surface area contributed by atoms with Crippen molar-refractivity contribution in [1.82, 2.24) is 9.55 Å². The smallest absolute Gasteiger partial charge is 0.242 e. The molecular weight excluding hydrogens is 568 g/mol. The van der Waals surface area contributed by atoms with E-state index in [2.05, 4.69) is 15.7 Å². The van der Waals surface area contributed by atoms with E-state index in [1.165, 1.54) is 0 Å². The number of carbonyl (C=O) groups excluding carboxylic acids is 1. The number of hydrogen-bond acceptors (Lipinski definition) is 7. The van der Waals surface area contributed by atoms with Gasteiger partial charge in [0.25, 0.3) is 0 Å². The first-order valence-electron chi connectivity index (χ1n) is 14.9. The summed E-state index contributed by atoms with van der Waals surface area (Å²) >= 11 is 0. The lowest BCUT2D eigenvalue weighted by Crippen LogP contribution is -2.33. The summed E-state index contributed by atoms with van der Waals surface area (Å²) in [5, 5.41) is 8.36. The maximum atomic E-state index is 12.2. The molecule has 1 fully saturated rings. The lowest BCUT2D eigenvalue weighted by atomic mass is 9.98. The second kappa shape index (κ2) is 13.7. The number of nitrogens with two attached hydrogens (primary N) is 1. The van der Waals surface area contributed by atoms with Gasteiger partial charge in [-0.3, -0.25) is 4.79 Å². The standard InChI is InChI=1S/C35H35N6O4/c1-43-26-15-11-24(12-16-26)32(33(40-37)34(36)42)39-31-20-19-28(45-31)21-41-30-10-6-5-9-29(30)38-35(41)25-13-17-27(18-14-25)44-22-23-7-3-2-4-8-23/h2-18,28,31-33,37H,19-22H2,1H3,(H2,36,42)/q-1/t28-,31+,32?,33?/m0/s1. The van der Waals surface area contributed by atoms with Crippen LogP contribution in [0, 0.1) is 5.53 Å². The van der Waals surface area contributed by atoms with Crippen LogP contribution < -0.4 is 15.2 Å². The summed E-state index contributed by atoms with van der Waals surface area (Å²) in [7, 11) is 1.58. The van der Waals surface area contributed by atoms with E-state index in [1.54, 1.807) is 19.2 Å². The van der Waals surface area contributed by atoms with Crippen LogP contribution in [0.3, 0.4) is 0 Å². The van der Waals surface area contributed by atoms with Crippen molar-refractivity contribution in [3.8, 4) is 22.9 Å². The zero-order valence-corrected chi connectivity index (χ0v) is 25.0. The Morgan fingerprint density at radius 2 is 1.71 bits per heavy atom. The van der Waals surface area contributed by atoms with Crippen molar-refractivity contribution in [3.05, 3.63) is 120 Å². The molecule has 6 rings (SSSR count). The van der Waals surface area contributed by atoms with Gasteiger partial charge in [-0.05, 0) is 73.2 Å². The van der Waals surface area contributed by atoms with Gasteiger partial charge in [0.05, 0.1) is 30.8 Å². The van der Waals surface area contributed by atoms with Crippen molar-refractivity contribution >= 4 is 16.9 Å². The zero-order valence-electron chi connectivity index (χ0n) is 25.0. The lowest BCUT2D eigenvalue weighted by Gasteiger charge is -2.39. The van der Waals surface area contributed by atoms with Crippen molar-refractivity contribution in [2.24, 2.45) is 10.8 Å². The number of imidazole rings is 1. The number of ether oxygens (including phenoxy) is 3. The van der Waals surface area contributed by atoms with E-state index in [0.717, 1.165) is 40.2 Å². The number of hydrogen-bond donors (Lipinski definition) is 2. The first-order chi connectivity index (χ1) is 22.0. The van der Waals surface area contributed by atoms with Crippen LogP contribution in [0.2, 0.25) is 0 Å². The summed E-state index contributed by atoms with van der Waals surface area (Å²) in [5.74, 6) is 1.59. The molecule has 1 aliphatic rings. The highest BCUT2D eigenvalue weighted by molar-refractivity contribution is 5.82. The van der Waals surface area contributed by atoms with Crippen molar-refractivity contribution in [3.63, 3.8) is 0 Å². The van der Waals surface area contributed by atoms with Gasteiger partial charge in [-0.2, -0.15) is 5.11 Å². The predicted molar refractivity (Wildman–Crippen MR) is 171 cm³/mol. The largest absolute Gasteiger partial charge is 0.628 e. The number of nitrogens with one attached hydrogen (secondary N) is 1. The van der Waals surface area contributed by atoms with Gasteiger partial charge in [0.1, 0.15) is 30.0 Å². The number of benzene rings is 4. The molecule has 3 N–H and O–H groups in total. The molecule has 2 unspecified atom stereocenters. The summed E-state index contributed by atoms with van der Waals surface area (Å²) < 4.78 is 19.9. The molecule has 45 heavy (non-hydrogen) atoms. The van der Waals surface area contributed by atoms with E-state index in [4.69, 9.17) is 35.8 Å². The summed E-state index contributed by atoms with van der Waals surface area (Å²) in [6, 6.07) is 31.4. The van der Waals surface area contributed by atoms with E-state index in [1.807, 2.05) is 84.9 Å². The second-order valence-electron chi connectivity index (χ2n) is 11.0. The number of carbonyl (C=O) groups is 1. The van der Waals surface area contributed by atoms with Gasteiger partial charge in [0.15, 0.2) is 0 Å². The van der Waals surface area contributed by atoms with Crippen molar-refractivity contribution in [2.75, 3.05) is 7.11 Å². The molecule has 0 saturated carbocycles. The third-order valence-corrected chi connectivity index (χ3v) is 8.00. The molecule has 10 nitrogen and oxygen atoms in total. The monoisotopic (exact) mass is 603 g/mol. The molecule has 0 spiro atoms. The van der Waals surface area contributed by atoms with Gasteiger partial charge in [-0.1, -0.05) is 66.2 Å². The molecule has 0 radical (unpaired) electrons. The average Bonchev–Trinajstić information content (AvgIpc) is 3.68. The highest BCUT2D eigenvalue weighted by Crippen LogP contribution is 2.37. The molecule has 4 aromatic carbocycles. The van der Waals surface area contributed by atoms with Gasteiger partial charge < -0.3 is 29.8 Å². The second-order valence-corrected chi connectivity index (χ2v) is 11.0. The molecule has 1 amide bonds. The van der Waals surface area contributed by atoms with Crippen LogP contribution in [0.5, 0.6) is 11.5 Å². The summed E-state index contributed by atoms with van der Waals surface area (Å²) in [6.07, 6.45) is 0.807. The number of fused-ring (bicyclic) bond motifs is 1. The van der Waals surface area contributed by atoms with E-state index < -0.39 is 24.2 Å². The molecule has 230 valence electrons. The number of amides is 1. The molecule has 1 aliphatic heterocycles. The number of methoxy groups -OCH3 is 1. The molecule has 10 heteroatoms. The fourth-order valence-corrected chi connectivity index (χ4v) is 5.68. The number of primary amides is 1. The molecule has 1 aromatic heterocycles. The molecule has 2 heterocycles. The topological polar surface area (TPSA) is 139 Å². The first kappa shape index (κ1) is 30.0. The quantitative estimate of drug-likeness (QED) is 0.143. The third kappa shape index (κ3) is 6.87. The van der Waals surface area contributed by atoms with Gasteiger partial charge in [0, 0.05) is 5.56 Å². The Labute approximate surface area is 261 Å². The zero-order chi connectivity index (χ0) is 31.2. The minimum atomic E-state index is -1.13. The Morgan fingerprint density at radius 3 is 2.42 bits per heavy atom. The van der Waals surface area contributed by atoms with Crippen LogP contribution >= 0.6 is 0 Å². The van der Waals surface area contributed by atoms with Gasteiger partial charge in [-0.25, -0.2) is 10.5 Å². The average molecular weight is 604 g/mol. The van der Waals surface area contributed by atoms with Crippen LogP contribution in [-0.4, -0.2) is 40.9 Å². The Balaban J connectivity index is 1.18. The Morgan fingerprint density at radius 1 is 1.00 bits per heavy atom. The van der Waals surface area contributed by atoms with Crippen LogP contribution in [0.4, 0.5) is 0 Å². The molecular formula is C35H35N6O4-. The predicted octanol–water partition coefficient (Wildman–Crippen LogP) is 6.80. The first-order valence-corrected chi connectivity index (χ1v) is 14.9. The fourth-order valence-electron chi connectivity index (χ4n) is 5.68. The fraction of sp³-hybridized carbons (Fsp3) is 0.257. The Hall–Kier alpha value is -5.06. The van der Waals surface area contributed by atoms with Crippen molar-refractivity contribution in [2.45, 2.75) is 50.4 Å². The van der Waals surface area contributed by atoms with Crippen LogP contribution in [0.25, 0.3) is 27.7 Å². The van der Waals surface area contributed by atoms with Crippen LogP contribution in [0.15, 0.2) is 108 Å². The number of rotatable bonds is 13.